The average Bonchev–Trinajstić information content (AvgIpc) is 2.55. The summed E-state index contributed by atoms with van der Waals surface area (Å²) in [6, 6.07) is 4.87. The standard InChI is InChI=1S/C19H25FO2S/c1-14(21)19(23-2)13-16-8-9-18(17(20)12-16)22-11-10-15-6-4-3-5-7-15/h8-9,12-13,15H,3-7,10-11H2,1-2H3/b19-13-. The fraction of sp³-hybridized carbons (Fsp3) is 0.526. The molecule has 126 valence electrons. The van der Waals surface area contributed by atoms with Gasteiger partial charge in [0.15, 0.2) is 17.3 Å². The number of carbonyl (C=O) groups is 1. The monoisotopic (exact) mass is 336 g/mol. The summed E-state index contributed by atoms with van der Waals surface area (Å²) < 4.78 is 19.7. The van der Waals surface area contributed by atoms with Gasteiger partial charge >= 0.3 is 0 Å². The van der Waals surface area contributed by atoms with Gasteiger partial charge in [0.1, 0.15) is 0 Å². The second kappa shape index (κ2) is 9.11. The van der Waals surface area contributed by atoms with Crippen LogP contribution in [0.5, 0.6) is 5.75 Å². The maximum atomic E-state index is 14.1. The van der Waals surface area contributed by atoms with Crippen molar-refractivity contribution in [2.24, 2.45) is 5.92 Å². The zero-order chi connectivity index (χ0) is 16.7. The zero-order valence-electron chi connectivity index (χ0n) is 13.9. The molecule has 1 fully saturated rings. The Morgan fingerprint density at radius 3 is 2.70 bits per heavy atom. The molecule has 0 atom stereocenters. The molecule has 0 radical (unpaired) electrons. The normalized spacial score (nSPS) is 16.4. The highest BCUT2D eigenvalue weighted by Crippen LogP contribution is 2.27. The first-order valence-corrected chi connectivity index (χ1v) is 9.51. The van der Waals surface area contributed by atoms with Crippen molar-refractivity contribution in [2.75, 3.05) is 12.9 Å². The first kappa shape index (κ1) is 18.1. The fourth-order valence-electron chi connectivity index (χ4n) is 2.99. The van der Waals surface area contributed by atoms with Crippen LogP contribution in [0.1, 0.15) is 51.0 Å². The van der Waals surface area contributed by atoms with E-state index in [1.807, 2.05) is 6.26 Å². The number of benzene rings is 1. The average molecular weight is 336 g/mol. The van der Waals surface area contributed by atoms with Crippen molar-refractivity contribution in [3.05, 3.63) is 34.5 Å². The second-order valence-corrected chi connectivity index (χ2v) is 6.95. The van der Waals surface area contributed by atoms with Gasteiger partial charge in [-0.25, -0.2) is 4.39 Å². The molecule has 0 heterocycles. The van der Waals surface area contributed by atoms with Crippen LogP contribution < -0.4 is 4.74 Å². The molecule has 2 nitrogen and oxygen atoms in total. The first-order chi connectivity index (χ1) is 11.1. The molecule has 0 N–H and O–H groups in total. The van der Waals surface area contributed by atoms with Gasteiger partial charge in [-0.05, 0) is 49.3 Å². The van der Waals surface area contributed by atoms with E-state index >= 15 is 0 Å². The first-order valence-electron chi connectivity index (χ1n) is 8.29. The van der Waals surface area contributed by atoms with Crippen molar-refractivity contribution in [1.82, 2.24) is 0 Å². The van der Waals surface area contributed by atoms with Gasteiger partial charge in [0.05, 0.1) is 11.5 Å². The summed E-state index contributed by atoms with van der Waals surface area (Å²) in [5, 5.41) is 0. The molecule has 0 aliphatic heterocycles. The van der Waals surface area contributed by atoms with Crippen LogP contribution >= 0.6 is 11.8 Å². The molecule has 1 saturated carbocycles. The third kappa shape index (κ3) is 5.69. The van der Waals surface area contributed by atoms with Gasteiger partial charge < -0.3 is 4.74 Å². The molecule has 1 aromatic rings. The van der Waals surface area contributed by atoms with E-state index in [2.05, 4.69) is 0 Å². The smallest absolute Gasteiger partial charge is 0.166 e. The predicted molar refractivity (Wildman–Crippen MR) is 95.3 cm³/mol. The Bertz CT molecular complexity index is 562. The number of hydrogen-bond donors (Lipinski definition) is 0. The van der Waals surface area contributed by atoms with E-state index in [1.165, 1.54) is 56.9 Å². The van der Waals surface area contributed by atoms with Crippen LogP contribution in [0, 0.1) is 11.7 Å². The minimum atomic E-state index is -0.369. The number of allylic oxidation sites excluding steroid dienone is 1. The predicted octanol–water partition coefficient (Wildman–Crippen LogP) is 5.47. The number of rotatable bonds is 7. The molecule has 23 heavy (non-hydrogen) atoms. The molecule has 0 spiro atoms. The Morgan fingerprint density at radius 1 is 1.35 bits per heavy atom. The Morgan fingerprint density at radius 2 is 2.09 bits per heavy atom. The SMILES string of the molecule is CS/C(=C\c1ccc(OCCC2CCCCC2)c(F)c1)C(C)=O. The third-order valence-corrected chi connectivity index (χ3v) is 5.17. The lowest BCUT2D eigenvalue weighted by Crippen LogP contribution is -2.11. The van der Waals surface area contributed by atoms with E-state index in [9.17, 15) is 9.18 Å². The zero-order valence-corrected chi connectivity index (χ0v) is 14.8. The summed E-state index contributed by atoms with van der Waals surface area (Å²) in [6.45, 7) is 2.09. The van der Waals surface area contributed by atoms with E-state index in [1.54, 1.807) is 18.2 Å². The summed E-state index contributed by atoms with van der Waals surface area (Å²) in [5.41, 5.74) is 0.682. The van der Waals surface area contributed by atoms with Crippen molar-refractivity contribution in [3.63, 3.8) is 0 Å². The summed E-state index contributed by atoms with van der Waals surface area (Å²) in [6.07, 6.45) is 11.1. The topological polar surface area (TPSA) is 26.3 Å². The minimum Gasteiger partial charge on any atom is -0.491 e. The van der Waals surface area contributed by atoms with Crippen LogP contribution in [-0.2, 0) is 4.79 Å². The second-order valence-electron chi connectivity index (χ2n) is 6.10. The lowest BCUT2D eigenvalue weighted by atomic mass is 9.87. The molecule has 0 saturated heterocycles. The summed E-state index contributed by atoms with van der Waals surface area (Å²) in [5.74, 6) is 0.650. The van der Waals surface area contributed by atoms with E-state index in [-0.39, 0.29) is 11.6 Å². The van der Waals surface area contributed by atoms with E-state index in [4.69, 9.17) is 4.74 Å². The number of hydrogen-bond acceptors (Lipinski definition) is 3. The number of halogens is 1. The van der Waals surface area contributed by atoms with Gasteiger partial charge in [0.2, 0.25) is 0 Å². The van der Waals surface area contributed by atoms with Crippen LogP contribution in [0.3, 0.4) is 0 Å². The molecule has 1 aromatic carbocycles. The summed E-state index contributed by atoms with van der Waals surface area (Å²) in [7, 11) is 0. The number of thioether (sulfide) groups is 1. The molecule has 4 heteroatoms. The van der Waals surface area contributed by atoms with Gasteiger partial charge in [0.25, 0.3) is 0 Å². The number of carbonyl (C=O) groups excluding carboxylic acids is 1. The maximum Gasteiger partial charge on any atom is 0.166 e. The van der Waals surface area contributed by atoms with Crippen LogP contribution in [-0.4, -0.2) is 18.6 Å². The summed E-state index contributed by atoms with van der Waals surface area (Å²) >= 11 is 1.37. The van der Waals surface area contributed by atoms with E-state index < -0.39 is 0 Å². The largest absolute Gasteiger partial charge is 0.491 e. The lowest BCUT2D eigenvalue weighted by molar-refractivity contribution is -0.112. The van der Waals surface area contributed by atoms with E-state index in [0.29, 0.717) is 22.8 Å². The molecule has 1 aliphatic rings. The van der Waals surface area contributed by atoms with Crippen molar-refractivity contribution >= 4 is 23.6 Å². The van der Waals surface area contributed by atoms with E-state index in [0.717, 1.165) is 12.3 Å². The molecule has 0 bridgehead atoms. The molecular formula is C19H25FO2S. The third-order valence-electron chi connectivity index (χ3n) is 4.33. The number of ketones is 1. The van der Waals surface area contributed by atoms with Crippen molar-refractivity contribution in [1.29, 1.82) is 0 Å². The molecule has 2 rings (SSSR count). The Hall–Kier alpha value is -1.29. The van der Waals surface area contributed by atoms with Crippen molar-refractivity contribution in [2.45, 2.75) is 45.4 Å². The molecular weight excluding hydrogens is 311 g/mol. The maximum absolute atomic E-state index is 14.1. The Kier molecular flexibility index (Phi) is 7.15. The van der Waals surface area contributed by atoms with Gasteiger partial charge in [-0.3, -0.25) is 4.79 Å². The fourth-order valence-corrected chi connectivity index (χ4v) is 3.53. The van der Waals surface area contributed by atoms with Gasteiger partial charge in [-0.15, -0.1) is 11.8 Å². The van der Waals surface area contributed by atoms with Crippen LogP contribution in [0.15, 0.2) is 23.1 Å². The van der Waals surface area contributed by atoms with Crippen LogP contribution in [0.2, 0.25) is 0 Å². The Balaban J connectivity index is 1.92. The van der Waals surface area contributed by atoms with Crippen LogP contribution in [0.25, 0.3) is 6.08 Å². The highest BCUT2D eigenvalue weighted by molar-refractivity contribution is 8.03. The lowest BCUT2D eigenvalue weighted by Gasteiger charge is -2.21. The highest BCUT2D eigenvalue weighted by Gasteiger charge is 2.14. The Labute approximate surface area is 142 Å². The highest BCUT2D eigenvalue weighted by atomic mass is 32.2. The van der Waals surface area contributed by atoms with Gasteiger partial charge in [-0.2, -0.15) is 0 Å². The molecule has 0 aromatic heterocycles. The molecule has 0 unspecified atom stereocenters. The number of Topliss-reactive ketones (excluding diaryl/α,β-unsaturated/α-hetero) is 1. The van der Waals surface area contributed by atoms with Crippen molar-refractivity contribution in [3.8, 4) is 5.75 Å². The molecule has 1 aliphatic carbocycles. The quantitative estimate of drug-likeness (QED) is 0.618. The molecule has 0 amide bonds. The summed E-state index contributed by atoms with van der Waals surface area (Å²) in [4.78, 5) is 12.0. The van der Waals surface area contributed by atoms with Gasteiger partial charge in [0, 0.05) is 0 Å². The van der Waals surface area contributed by atoms with Crippen LogP contribution in [0.4, 0.5) is 4.39 Å². The minimum absolute atomic E-state index is 0.00860. The van der Waals surface area contributed by atoms with Crippen molar-refractivity contribution < 1.29 is 13.9 Å². The van der Waals surface area contributed by atoms with Gasteiger partial charge in [-0.1, -0.05) is 38.2 Å². The number of ether oxygens (including phenoxy) is 1.